The highest BCUT2D eigenvalue weighted by Crippen LogP contribution is 2.31. The van der Waals surface area contributed by atoms with E-state index in [0.29, 0.717) is 5.56 Å². The summed E-state index contributed by atoms with van der Waals surface area (Å²) in [6.07, 6.45) is 0.0883. The first-order valence-corrected chi connectivity index (χ1v) is 6.32. The van der Waals surface area contributed by atoms with Gasteiger partial charge < -0.3 is 4.74 Å². The van der Waals surface area contributed by atoms with Gasteiger partial charge in [-0.1, -0.05) is 12.1 Å². The van der Waals surface area contributed by atoms with Gasteiger partial charge in [-0.05, 0) is 45.4 Å². The molecule has 2 aromatic rings. The largest absolute Gasteiger partial charge is 0.490 e. The second kappa shape index (κ2) is 5.26. The van der Waals surface area contributed by atoms with Gasteiger partial charge in [0.1, 0.15) is 5.75 Å². The Labute approximate surface area is 112 Å². The van der Waals surface area contributed by atoms with E-state index in [4.69, 9.17) is 4.74 Å². The van der Waals surface area contributed by atoms with Gasteiger partial charge in [0.15, 0.2) is 0 Å². The van der Waals surface area contributed by atoms with Crippen molar-refractivity contribution in [2.75, 3.05) is 0 Å². The van der Waals surface area contributed by atoms with Crippen LogP contribution in [0.2, 0.25) is 0 Å². The molecule has 0 atom stereocenters. The van der Waals surface area contributed by atoms with E-state index in [-0.39, 0.29) is 11.7 Å². The number of benzene rings is 1. The van der Waals surface area contributed by atoms with Crippen molar-refractivity contribution in [1.29, 1.82) is 0 Å². The van der Waals surface area contributed by atoms with Gasteiger partial charge >= 0.3 is 0 Å². The SMILES string of the molecule is Cc1c(-c2ccccc2OC(C)C)n[nH]c(=O)c1C. The van der Waals surface area contributed by atoms with Gasteiger partial charge in [0.05, 0.1) is 11.8 Å². The third-order valence-electron chi connectivity index (χ3n) is 3.03. The Kier molecular flexibility index (Phi) is 3.69. The summed E-state index contributed by atoms with van der Waals surface area (Å²) < 4.78 is 5.79. The van der Waals surface area contributed by atoms with Crippen molar-refractivity contribution in [3.8, 4) is 17.0 Å². The molecule has 1 heterocycles. The molecular weight excluding hydrogens is 240 g/mol. The van der Waals surface area contributed by atoms with Gasteiger partial charge in [0.25, 0.3) is 5.56 Å². The highest BCUT2D eigenvalue weighted by atomic mass is 16.5. The zero-order chi connectivity index (χ0) is 14.0. The molecule has 0 fully saturated rings. The Morgan fingerprint density at radius 3 is 2.53 bits per heavy atom. The molecule has 0 saturated carbocycles. The third kappa shape index (κ3) is 2.67. The van der Waals surface area contributed by atoms with Crippen LogP contribution in [-0.4, -0.2) is 16.3 Å². The van der Waals surface area contributed by atoms with Crippen molar-refractivity contribution >= 4 is 0 Å². The lowest BCUT2D eigenvalue weighted by Crippen LogP contribution is -2.15. The Morgan fingerprint density at radius 2 is 1.84 bits per heavy atom. The monoisotopic (exact) mass is 258 g/mol. The van der Waals surface area contributed by atoms with Crippen LogP contribution < -0.4 is 10.3 Å². The summed E-state index contributed by atoms with van der Waals surface area (Å²) in [5.74, 6) is 0.777. The number of hydrogen-bond donors (Lipinski definition) is 1. The molecule has 0 unspecified atom stereocenters. The van der Waals surface area contributed by atoms with Crippen LogP contribution in [0.5, 0.6) is 5.75 Å². The van der Waals surface area contributed by atoms with Crippen LogP contribution in [0, 0.1) is 13.8 Å². The number of aromatic nitrogens is 2. The molecule has 4 heteroatoms. The zero-order valence-electron chi connectivity index (χ0n) is 11.7. The minimum absolute atomic E-state index is 0.0883. The van der Waals surface area contributed by atoms with Crippen molar-refractivity contribution in [1.82, 2.24) is 10.2 Å². The first-order chi connectivity index (χ1) is 9.00. The molecule has 19 heavy (non-hydrogen) atoms. The minimum Gasteiger partial charge on any atom is -0.490 e. The molecule has 0 saturated heterocycles. The molecule has 0 spiro atoms. The fourth-order valence-corrected chi connectivity index (χ4v) is 1.90. The lowest BCUT2D eigenvalue weighted by molar-refractivity contribution is 0.243. The maximum absolute atomic E-state index is 11.5. The normalized spacial score (nSPS) is 10.8. The van der Waals surface area contributed by atoms with Crippen LogP contribution in [0.3, 0.4) is 0 Å². The van der Waals surface area contributed by atoms with E-state index in [1.165, 1.54) is 0 Å². The first-order valence-electron chi connectivity index (χ1n) is 6.32. The second-order valence-electron chi connectivity index (χ2n) is 4.81. The summed E-state index contributed by atoms with van der Waals surface area (Å²) in [5, 5.41) is 6.69. The van der Waals surface area contributed by atoms with Crippen LogP contribution in [0.4, 0.5) is 0 Å². The Bertz CT molecular complexity index is 645. The number of rotatable bonds is 3. The van der Waals surface area contributed by atoms with E-state index < -0.39 is 0 Å². The molecule has 0 bridgehead atoms. The predicted molar refractivity (Wildman–Crippen MR) is 75.5 cm³/mol. The van der Waals surface area contributed by atoms with Crippen LogP contribution in [0.1, 0.15) is 25.0 Å². The highest BCUT2D eigenvalue weighted by Gasteiger charge is 2.13. The molecule has 2 rings (SSSR count). The van der Waals surface area contributed by atoms with Crippen molar-refractivity contribution < 1.29 is 4.74 Å². The van der Waals surface area contributed by atoms with Gasteiger partial charge in [-0.25, -0.2) is 5.10 Å². The number of nitrogens with one attached hydrogen (secondary N) is 1. The van der Waals surface area contributed by atoms with Crippen molar-refractivity contribution in [2.45, 2.75) is 33.8 Å². The number of ether oxygens (including phenoxy) is 1. The Hall–Kier alpha value is -2.10. The van der Waals surface area contributed by atoms with E-state index in [1.54, 1.807) is 6.92 Å². The number of H-pyrrole nitrogens is 1. The standard InChI is InChI=1S/C15H18N2O2/c1-9(2)19-13-8-6-5-7-12(13)14-10(3)11(4)15(18)17-16-14/h5-9H,1-4H3,(H,17,18). The molecule has 100 valence electrons. The molecule has 0 aliphatic rings. The average Bonchev–Trinajstić information content (AvgIpc) is 2.37. The zero-order valence-corrected chi connectivity index (χ0v) is 11.7. The number of aromatic amines is 1. The van der Waals surface area contributed by atoms with Gasteiger partial charge in [-0.15, -0.1) is 0 Å². The van der Waals surface area contributed by atoms with Crippen molar-refractivity contribution in [2.24, 2.45) is 0 Å². The second-order valence-corrected chi connectivity index (χ2v) is 4.81. The van der Waals surface area contributed by atoms with E-state index in [2.05, 4.69) is 10.2 Å². The molecule has 0 radical (unpaired) electrons. The fraction of sp³-hybridized carbons (Fsp3) is 0.333. The van der Waals surface area contributed by atoms with Gasteiger partial charge in [-0.3, -0.25) is 4.79 Å². The lowest BCUT2D eigenvalue weighted by atomic mass is 10.0. The summed E-state index contributed by atoms with van der Waals surface area (Å²) in [7, 11) is 0. The topological polar surface area (TPSA) is 55.0 Å². The fourth-order valence-electron chi connectivity index (χ4n) is 1.90. The smallest absolute Gasteiger partial charge is 0.267 e. The van der Waals surface area contributed by atoms with Crippen LogP contribution in [-0.2, 0) is 0 Å². The van der Waals surface area contributed by atoms with Crippen LogP contribution in [0.15, 0.2) is 29.1 Å². The lowest BCUT2D eigenvalue weighted by Gasteiger charge is -2.15. The van der Waals surface area contributed by atoms with E-state index in [1.807, 2.05) is 45.0 Å². The van der Waals surface area contributed by atoms with Crippen molar-refractivity contribution in [3.05, 3.63) is 45.7 Å². The molecule has 0 amide bonds. The first kappa shape index (κ1) is 13.3. The van der Waals surface area contributed by atoms with Gasteiger partial charge in [0, 0.05) is 11.1 Å². The summed E-state index contributed by atoms with van der Waals surface area (Å²) in [4.78, 5) is 11.5. The summed E-state index contributed by atoms with van der Waals surface area (Å²) in [6, 6.07) is 7.72. The number of para-hydroxylation sites is 1. The molecule has 0 aliphatic carbocycles. The molecule has 0 aliphatic heterocycles. The quantitative estimate of drug-likeness (QED) is 0.921. The Morgan fingerprint density at radius 1 is 1.16 bits per heavy atom. The third-order valence-corrected chi connectivity index (χ3v) is 3.03. The maximum Gasteiger partial charge on any atom is 0.267 e. The van der Waals surface area contributed by atoms with E-state index in [0.717, 1.165) is 22.6 Å². The number of hydrogen-bond acceptors (Lipinski definition) is 3. The number of nitrogens with zero attached hydrogens (tertiary/aromatic N) is 1. The molecule has 1 aromatic carbocycles. The van der Waals surface area contributed by atoms with Gasteiger partial charge in [0.2, 0.25) is 0 Å². The maximum atomic E-state index is 11.5. The van der Waals surface area contributed by atoms with Crippen LogP contribution in [0.25, 0.3) is 11.3 Å². The van der Waals surface area contributed by atoms with Crippen molar-refractivity contribution in [3.63, 3.8) is 0 Å². The molecule has 1 N–H and O–H groups in total. The minimum atomic E-state index is -0.150. The summed E-state index contributed by atoms with van der Waals surface area (Å²) in [5.41, 5.74) is 3.07. The molecular formula is C15H18N2O2. The summed E-state index contributed by atoms with van der Waals surface area (Å²) in [6.45, 7) is 7.66. The average molecular weight is 258 g/mol. The van der Waals surface area contributed by atoms with E-state index in [9.17, 15) is 4.79 Å². The molecule has 1 aromatic heterocycles. The van der Waals surface area contributed by atoms with Gasteiger partial charge in [-0.2, -0.15) is 5.10 Å². The van der Waals surface area contributed by atoms with E-state index >= 15 is 0 Å². The summed E-state index contributed by atoms with van der Waals surface area (Å²) >= 11 is 0. The molecule has 4 nitrogen and oxygen atoms in total. The van der Waals surface area contributed by atoms with Crippen LogP contribution >= 0.6 is 0 Å². The predicted octanol–water partition coefficient (Wildman–Crippen LogP) is 2.84. The Balaban J connectivity index is 2.59. The highest BCUT2D eigenvalue weighted by molar-refractivity contribution is 5.70.